The molecule has 2 aromatic heterocycles. The predicted octanol–water partition coefficient (Wildman–Crippen LogP) is 2.81. The molecule has 0 aromatic carbocycles. The Morgan fingerprint density at radius 2 is 2.29 bits per heavy atom. The molecule has 0 saturated heterocycles. The minimum absolute atomic E-state index is 0.578. The van der Waals surface area contributed by atoms with Gasteiger partial charge >= 0.3 is 0 Å². The van der Waals surface area contributed by atoms with Gasteiger partial charge in [0.2, 0.25) is 0 Å². The molecule has 0 fully saturated rings. The van der Waals surface area contributed by atoms with E-state index in [9.17, 15) is 0 Å². The van der Waals surface area contributed by atoms with Gasteiger partial charge in [0.15, 0.2) is 5.65 Å². The van der Waals surface area contributed by atoms with Crippen LogP contribution in [-0.4, -0.2) is 15.0 Å². The number of rotatable bonds is 2. The van der Waals surface area contributed by atoms with E-state index in [1.54, 1.807) is 12.3 Å². The van der Waals surface area contributed by atoms with E-state index in [4.69, 9.17) is 11.6 Å². The van der Waals surface area contributed by atoms with Crippen molar-refractivity contribution in [3.8, 4) is 0 Å². The third-order valence-electron chi connectivity index (χ3n) is 1.99. The summed E-state index contributed by atoms with van der Waals surface area (Å²) in [6.45, 7) is 4.31. The fraction of sp³-hybridized carbons (Fsp3) is 0.400. The van der Waals surface area contributed by atoms with Gasteiger partial charge in [-0.1, -0.05) is 25.4 Å². The van der Waals surface area contributed by atoms with Crippen molar-refractivity contribution < 1.29 is 0 Å². The summed E-state index contributed by atoms with van der Waals surface area (Å²) in [5.74, 6) is 1.53. The highest BCUT2D eigenvalue weighted by atomic mass is 35.5. The lowest BCUT2D eigenvalue weighted by atomic mass is 10.1. The van der Waals surface area contributed by atoms with Gasteiger partial charge in [-0.3, -0.25) is 0 Å². The van der Waals surface area contributed by atoms with Gasteiger partial charge in [0.1, 0.15) is 11.3 Å². The lowest BCUT2D eigenvalue weighted by molar-refractivity contribution is 0.627. The Morgan fingerprint density at radius 3 is 2.93 bits per heavy atom. The van der Waals surface area contributed by atoms with Crippen molar-refractivity contribution in [3.63, 3.8) is 0 Å². The van der Waals surface area contributed by atoms with Crippen molar-refractivity contribution >= 4 is 22.8 Å². The summed E-state index contributed by atoms with van der Waals surface area (Å²) in [4.78, 5) is 11.7. The second-order valence-corrected chi connectivity index (χ2v) is 4.18. The van der Waals surface area contributed by atoms with Gasteiger partial charge in [-0.2, -0.15) is 0 Å². The first-order valence-corrected chi connectivity index (χ1v) is 5.03. The zero-order chi connectivity index (χ0) is 10.1. The summed E-state index contributed by atoms with van der Waals surface area (Å²) < 4.78 is 0. The molecule has 2 heterocycles. The SMILES string of the molecule is CC(C)Cc1nc2nccc(Cl)c2[nH]1. The van der Waals surface area contributed by atoms with E-state index in [0.29, 0.717) is 16.6 Å². The van der Waals surface area contributed by atoms with Crippen LogP contribution in [0.2, 0.25) is 5.02 Å². The van der Waals surface area contributed by atoms with E-state index >= 15 is 0 Å². The van der Waals surface area contributed by atoms with Gasteiger partial charge in [-0.05, 0) is 12.0 Å². The molecule has 2 aromatic rings. The Balaban J connectivity index is 2.46. The molecule has 3 nitrogen and oxygen atoms in total. The molecule has 14 heavy (non-hydrogen) atoms. The molecular weight excluding hydrogens is 198 g/mol. The lowest BCUT2D eigenvalue weighted by Gasteiger charge is -1.98. The Hall–Kier alpha value is -1.09. The van der Waals surface area contributed by atoms with Gasteiger partial charge in [-0.15, -0.1) is 0 Å². The van der Waals surface area contributed by atoms with E-state index in [2.05, 4.69) is 28.8 Å². The van der Waals surface area contributed by atoms with Gasteiger partial charge in [0, 0.05) is 12.6 Å². The normalized spacial score (nSPS) is 11.4. The number of aromatic nitrogens is 3. The van der Waals surface area contributed by atoms with E-state index in [1.807, 2.05) is 0 Å². The maximum absolute atomic E-state index is 6.00. The molecule has 1 N–H and O–H groups in total. The van der Waals surface area contributed by atoms with Crippen molar-refractivity contribution in [1.82, 2.24) is 15.0 Å². The molecule has 0 aliphatic rings. The molecule has 74 valence electrons. The minimum Gasteiger partial charge on any atom is -0.339 e. The van der Waals surface area contributed by atoms with Gasteiger partial charge in [0.25, 0.3) is 0 Å². The minimum atomic E-state index is 0.578. The van der Waals surface area contributed by atoms with Crippen molar-refractivity contribution in [1.29, 1.82) is 0 Å². The molecule has 0 unspecified atom stereocenters. The number of nitrogens with one attached hydrogen (secondary N) is 1. The van der Waals surface area contributed by atoms with Crippen molar-refractivity contribution in [2.75, 3.05) is 0 Å². The standard InChI is InChI=1S/C10H12ClN3/c1-6(2)5-8-13-9-7(11)3-4-12-10(9)14-8/h3-4,6H,5H2,1-2H3,(H,12,13,14). The Kier molecular flexibility index (Phi) is 2.42. The maximum atomic E-state index is 6.00. The van der Waals surface area contributed by atoms with E-state index in [-0.39, 0.29) is 0 Å². The maximum Gasteiger partial charge on any atom is 0.179 e. The van der Waals surface area contributed by atoms with Crippen LogP contribution in [0.3, 0.4) is 0 Å². The summed E-state index contributed by atoms with van der Waals surface area (Å²) in [5.41, 5.74) is 1.54. The van der Waals surface area contributed by atoms with Crippen LogP contribution >= 0.6 is 11.6 Å². The predicted molar refractivity (Wildman–Crippen MR) is 57.4 cm³/mol. The number of nitrogens with zero attached hydrogens (tertiary/aromatic N) is 2. The number of hydrogen-bond donors (Lipinski definition) is 1. The number of aromatic amines is 1. The topological polar surface area (TPSA) is 41.6 Å². The van der Waals surface area contributed by atoms with Crippen molar-refractivity contribution in [2.24, 2.45) is 5.92 Å². The average Bonchev–Trinajstić information content (AvgIpc) is 2.47. The molecule has 4 heteroatoms. The highest BCUT2D eigenvalue weighted by Crippen LogP contribution is 2.19. The third kappa shape index (κ3) is 1.73. The van der Waals surface area contributed by atoms with Crippen LogP contribution in [0.15, 0.2) is 12.3 Å². The first-order chi connectivity index (χ1) is 6.66. The molecule has 0 aliphatic heterocycles. The molecule has 0 radical (unpaired) electrons. The van der Waals surface area contributed by atoms with Gasteiger partial charge in [0.05, 0.1) is 5.02 Å². The second kappa shape index (κ2) is 3.58. The Morgan fingerprint density at radius 1 is 1.50 bits per heavy atom. The number of hydrogen-bond acceptors (Lipinski definition) is 2. The van der Waals surface area contributed by atoms with E-state index in [1.165, 1.54) is 0 Å². The van der Waals surface area contributed by atoms with Crippen molar-refractivity contribution in [2.45, 2.75) is 20.3 Å². The number of pyridine rings is 1. The third-order valence-corrected chi connectivity index (χ3v) is 2.31. The molecule has 0 saturated carbocycles. The fourth-order valence-corrected chi connectivity index (χ4v) is 1.60. The number of H-pyrrole nitrogens is 1. The lowest BCUT2D eigenvalue weighted by Crippen LogP contribution is -1.95. The first kappa shape index (κ1) is 9.46. The molecular formula is C10H12ClN3. The highest BCUT2D eigenvalue weighted by Gasteiger charge is 2.07. The molecule has 0 atom stereocenters. The smallest absolute Gasteiger partial charge is 0.179 e. The summed E-state index contributed by atoms with van der Waals surface area (Å²) in [6, 6.07) is 1.77. The number of halogens is 1. The van der Waals surface area contributed by atoms with Gasteiger partial charge in [-0.25, -0.2) is 9.97 Å². The van der Waals surface area contributed by atoms with Gasteiger partial charge < -0.3 is 4.98 Å². The molecule has 0 amide bonds. The highest BCUT2D eigenvalue weighted by molar-refractivity contribution is 6.34. The Bertz CT molecular complexity index is 448. The van der Waals surface area contributed by atoms with E-state index in [0.717, 1.165) is 17.8 Å². The summed E-state index contributed by atoms with van der Waals surface area (Å²) in [7, 11) is 0. The second-order valence-electron chi connectivity index (χ2n) is 3.77. The summed E-state index contributed by atoms with van der Waals surface area (Å²) in [6.07, 6.45) is 2.59. The van der Waals surface area contributed by atoms with Crippen LogP contribution in [0, 0.1) is 5.92 Å². The van der Waals surface area contributed by atoms with Crippen LogP contribution in [0.5, 0.6) is 0 Å². The van der Waals surface area contributed by atoms with Crippen LogP contribution in [0.1, 0.15) is 19.7 Å². The van der Waals surface area contributed by atoms with Crippen molar-refractivity contribution in [3.05, 3.63) is 23.1 Å². The van der Waals surface area contributed by atoms with Crippen LogP contribution in [-0.2, 0) is 6.42 Å². The first-order valence-electron chi connectivity index (χ1n) is 4.66. The van der Waals surface area contributed by atoms with Crippen LogP contribution < -0.4 is 0 Å². The molecule has 2 rings (SSSR count). The molecule has 0 aliphatic carbocycles. The molecule has 0 bridgehead atoms. The fourth-order valence-electron chi connectivity index (χ4n) is 1.41. The monoisotopic (exact) mass is 209 g/mol. The number of imidazole rings is 1. The summed E-state index contributed by atoms with van der Waals surface area (Å²) in [5, 5.41) is 0.678. The van der Waals surface area contributed by atoms with Crippen LogP contribution in [0.25, 0.3) is 11.2 Å². The van der Waals surface area contributed by atoms with Crippen LogP contribution in [0.4, 0.5) is 0 Å². The quantitative estimate of drug-likeness (QED) is 0.827. The molecule has 0 spiro atoms. The Labute approximate surface area is 87.5 Å². The average molecular weight is 210 g/mol. The summed E-state index contributed by atoms with van der Waals surface area (Å²) >= 11 is 6.00. The zero-order valence-electron chi connectivity index (χ0n) is 8.21. The largest absolute Gasteiger partial charge is 0.339 e. The number of fused-ring (bicyclic) bond motifs is 1. The van der Waals surface area contributed by atoms with E-state index < -0.39 is 0 Å². The zero-order valence-corrected chi connectivity index (χ0v) is 8.97.